The molecule has 0 saturated heterocycles. The number of ketones is 1. The van der Waals surface area contributed by atoms with E-state index in [1.54, 1.807) is 0 Å². The quantitative estimate of drug-likeness (QED) is 0.361. The van der Waals surface area contributed by atoms with E-state index in [1.807, 2.05) is 0 Å². The van der Waals surface area contributed by atoms with Crippen LogP contribution in [0.4, 0.5) is 0 Å². The number of rotatable bonds is 10. The van der Waals surface area contributed by atoms with Crippen molar-refractivity contribution < 1.29 is 9.22 Å². The van der Waals surface area contributed by atoms with E-state index < -0.39 is 8.32 Å². The summed E-state index contributed by atoms with van der Waals surface area (Å²) in [5.41, 5.74) is 0.298. The number of carbonyl (C=O) groups is 1. The maximum Gasteiger partial charge on any atom is 0.192 e. The zero-order valence-corrected chi connectivity index (χ0v) is 20.3. The number of Topliss-reactive ketones (excluding diaryl/α,β-unsaturated/α-hetero) is 1. The molecule has 4 unspecified atom stereocenters. The summed E-state index contributed by atoms with van der Waals surface area (Å²) in [7, 11) is -1.54. The number of carbonyl (C=O) groups excluding carboxylic acids is 1. The highest BCUT2D eigenvalue weighted by Gasteiger charge is 2.52. The molecular formula is C24H46O2Si. The van der Waals surface area contributed by atoms with Crippen LogP contribution in [0.25, 0.3) is 0 Å². The van der Waals surface area contributed by atoms with Crippen LogP contribution in [0.2, 0.25) is 18.1 Å². The lowest BCUT2D eigenvalue weighted by atomic mass is 9.62. The molecule has 0 spiro atoms. The highest BCUT2D eigenvalue weighted by Crippen LogP contribution is 2.57. The van der Waals surface area contributed by atoms with Gasteiger partial charge in [-0.05, 0) is 81.3 Å². The van der Waals surface area contributed by atoms with Crippen molar-refractivity contribution in [2.75, 3.05) is 0 Å². The summed E-state index contributed by atoms with van der Waals surface area (Å²) in [4.78, 5) is 12.4. The fraction of sp³-hybridized carbons (Fsp3) is 0.958. The standard InChI is InChI=1S/C24H46O2Si/c1-8-27(9-2,10-3)26-23(5,6)17-11-13-19(4)20-15-16-21-22(25)14-12-18-24(20,21)7/h19-21H,8-18H2,1-7H3. The molecule has 2 rings (SSSR count). The Morgan fingerprint density at radius 1 is 1.19 bits per heavy atom. The first kappa shape index (κ1) is 23.1. The van der Waals surface area contributed by atoms with Gasteiger partial charge >= 0.3 is 0 Å². The van der Waals surface area contributed by atoms with Crippen LogP contribution in [0, 0.1) is 23.2 Å². The molecule has 0 aromatic heterocycles. The van der Waals surface area contributed by atoms with Crippen molar-refractivity contribution in [3.8, 4) is 0 Å². The van der Waals surface area contributed by atoms with Crippen LogP contribution in [-0.4, -0.2) is 19.7 Å². The van der Waals surface area contributed by atoms with Gasteiger partial charge in [0, 0.05) is 12.3 Å². The van der Waals surface area contributed by atoms with Crippen molar-refractivity contribution in [2.24, 2.45) is 23.2 Å². The second-order valence-corrected chi connectivity index (χ2v) is 15.2. The molecule has 0 radical (unpaired) electrons. The van der Waals surface area contributed by atoms with Gasteiger partial charge < -0.3 is 4.43 Å². The molecule has 2 aliphatic rings. The van der Waals surface area contributed by atoms with E-state index in [0.717, 1.165) is 37.5 Å². The third-order valence-corrected chi connectivity index (χ3v) is 13.3. The second-order valence-electron chi connectivity index (χ2n) is 10.5. The Bertz CT molecular complexity index is 488. The van der Waals surface area contributed by atoms with Crippen LogP contribution < -0.4 is 0 Å². The predicted molar refractivity (Wildman–Crippen MR) is 119 cm³/mol. The van der Waals surface area contributed by atoms with Crippen molar-refractivity contribution >= 4 is 14.1 Å². The number of hydrogen-bond acceptors (Lipinski definition) is 2. The summed E-state index contributed by atoms with van der Waals surface area (Å²) in [6.07, 6.45) is 9.34. The molecule has 2 fully saturated rings. The Labute approximate surface area is 170 Å². The SMILES string of the molecule is CC[Si](CC)(CC)OC(C)(C)CCCC(C)C1CCC2C(=O)CCCC21C. The molecule has 2 nitrogen and oxygen atoms in total. The largest absolute Gasteiger partial charge is 0.412 e. The summed E-state index contributed by atoms with van der Waals surface area (Å²) >= 11 is 0. The van der Waals surface area contributed by atoms with Gasteiger partial charge in [0.25, 0.3) is 0 Å². The van der Waals surface area contributed by atoms with Gasteiger partial charge in [-0.2, -0.15) is 0 Å². The van der Waals surface area contributed by atoms with E-state index in [4.69, 9.17) is 4.43 Å². The monoisotopic (exact) mass is 394 g/mol. The molecule has 0 bridgehead atoms. The van der Waals surface area contributed by atoms with Crippen molar-refractivity contribution in [2.45, 2.75) is 124 Å². The molecule has 0 aliphatic heterocycles. The van der Waals surface area contributed by atoms with Crippen LogP contribution in [0.15, 0.2) is 0 Å². The molecule has 158 valence electrons. The van der Waals surface area contributed by atoms with E-state index in [1.165, 1.54) is 43.8 Å². The minimum absolute atomic E-state index is 0.0108. The molecular weight excluding hydrogens is 348 g/mol. The Morgan fingerprint density at radius 3 is 2.41 bits per heavy atom. The fourth-order valence-corrected chi connectivity index (χ4v) is 9.77. The van der Waals surface area contributed by atoms with Crippen molar-refractivity contribution in [3.05, 3.63) is 0 Å². The van der Waals surface area contributed by atoms with Crippen LogP contribution in [0.3, 0.4) is 0 Å². The highest BCUT2D eigenvalue weighted by atomic mass is 28.4. The smallest absolute Gasteiger partial charge is 0.192 e. The summed E-state index contributed by atoms with van der Waals surface area (Å²) in [5.74, 6) is 2.40. The van der Waals surface area contributed by atoms with Gasteiger partial charge in [0.1, 0.15) is 5.78 Å². The molecule has 0 aromatic rings. The maximum atomic E-state index is 12.4. The lowest BCUT2D eigenvalue weighted by Gasteiger charge is -2.42. The summed E-state index contributed by atoms with van der Waals surface area (Å²) < 4.78 is 6.79. The van der Waals surface area contributed by atoms with E-state index in [9.17, 15) is 4.79 Å². The fourth-order valence-electron chi connectivity index (χ4n) is 6.56. The van der Waals surface area contributed by atoms with Gasteiger partial charge in [-0.3, -0.25) is 4.79 Å². The van der Waals surface area contributed by atoms with Crippen LogP contribution in [0.5, 0.6) is 0 Å². The minimum Gasteiger partial charge on any atom is -0.412 e. The first-order chi connectivity index (χ1) is 12.6. The third kappa shape index (κ3) is 5.07. The zero-order chi connectivity index (χ0) is 20.3. The van der Waals surface area contributed by atoms with Gasteiger partial charge in [0.15, 0.2) is 8.32 Å². The third-order valence-electron chi connectivity index (χ3n) is 8.49. The minimum atomic E-state index is -1.54. The van der Waals surface area contributed by atoms with Crippen LogP contribution in [0.1, 0.15) is 99.8 Å². The lowest BCUT2D eigenvalue weighted by molar-refractivity contribution is -0.130. The summed E-state index contributed by atoms with van der Waals surface area (Å²) in [6.45, 7) is 16.5. The van der Waals surface area contributed by atoms with Crippen molar-refractivity contribution in [3.63, 3.8) is 0 Å². The molecule has 4 atom stereocenters. The molecule has 0 heterocycles. The van der Waals surface area contributed by atoms with Crippen molar-refractivity contribution in [1.82, 2.24) is 0 Å². The van der Waals surface area contributed by atoms with Gasteiger partial charge in [-0.1, -0.05) is 47.5 Å². The van der Waals surface area contributed by atoms with Gasteiger partial charge in [-0.25, -0.2) is 0 Å². The van der Waals surface area contributed by atoms with Gasteiger partial charge in [-0.15, -0.1) is 0 Å². The number of hydrogen-bond donors (Lipinski definition) is 0. The zero-order valence-electron chi connectivity index (χ0n) is 19.3. The summed E-state index contributed by atoms with van der Waals surface area (Å²) in [5, 5.41) is 0. The second kappa shape index (κ2) is 9.11. The average molecular weight is 395 g/mol. The molecule has 27 heavy (non-hydrogen) atoms. The Hall–Kier alpha value is -0.153. The lowest BCUT2D eigenvalue weighted by Crippen LogP contribution is -2.44. The Morgan fingerprint density at radius 2 is 1.81 bits per heavy atom. The summed E-state index contributed by atoms with van der Waals surface area (Å²) in [6, 6.07) is 3.70. The first-order valence-electron chi connectivity index (χ1n) is 11.9. The van der Waals surface area contributed by atoms with Crippen molar-refractivity contribution in [1.29, 1.82) is 0 Å². The van der Waals surface area contributed by atoms with E-state index in [2.05, 4.69) is 48.5 Å². The molecule has 0 N–H and O–H groups in total. The van der Waals surface area contributed by atoms with Crippen LogP contribution >= 0.6 is 0 Å². The van der Waals surface area contributed by atoms with E-state index in [-0.39, 0.29) is 11.0 Å². The first-order valence-corrected chi connectivity index (χ1v) is 14.4. The molecule has 2 saturated carbocycles. The maximum absolute atomic E-state index is 12.4. The average Bonchev–Trinajstić information content (AvgIpc) is 2.98. The Balaban J connectivity index is 1.88. The normalized spacial score (nSPS) is 30.4. The topological polar surface area (TPSA) is 26.3 Å². The Kier molecular flexibility index (Phi) is 7.81. The molecule has 2 aliphatic carbocycles. The van der Waals surface area contributed by atoms with E-state index >= 15 is 0 Å². The molecule has 0 amide bonds. The molecule has 3 heteroatoms. The predicted octanol–water partition coefficient (Wildman–Crippen LogP) is 7.38. The van der Waals surface area contributed by atoms with E-state index in [0.29, 0.717) is 11.7 Å². The highest BCUT2D eigenvalue weighted by molar-refractivity contribution is 6.73. The van der Waals surface area contributed by atoms with Crippen LogP contribution in [-0.2, 0) is 9.22 Å². The van der Waals surface area contributed by atoms with Gasteiger partial charge in [0.05, 0.1) is 5.60 Å². The van der Waals surface area contributed by atoms with Gasteiger partial charge in [0.2, 0.25) is 0 Å². The molecule has 0 aromatic carbocycles. The number of fused-ring (bicyclic) bond motifs is 1.